The van der Waals surface area contributed by atoms with Crippen LogP contribution in [-0.4, -0.2) is 36.9 Å². The lowest BCUT2D eigenvalue weighted by atomic mass is 10.2. The summed E-state index contributed by atoms with van der Waals surface area (Å²) in [6, 6.07) is 0.279. The van der Waals surface area contributed by atoms with Gasteiger partial charge in [0, 0.05) is 19.1 Å². The molecule has 1 saturated heterocycles. The first-order valence-electron chi connectivity index (χ1n) is 5.46. The highest BCUT2D eigenvalue weighted by atomic mass is 16.3. The molecule has 0 spiro atoms. The number of hydrogen-bond acceptors (Lipinski definition) is 3. The van der Waals surface area contributed by atoms with Gasteiger partial charge in [0.15, 0.2) is 0 Å². The van der Waals surface area contributed by atoms with Crippen molar-refractivity contribution in [1.29, 1.82) is 0 Å². The summed E-state index contributed by atoms with van der Waals surface area (Å²) >= 11 is 0. The Morgan fingerprint density at radius 3 is 2.77 bits per heavy atom. The Hall–Kier alpha value is -0.120. The molecule has 0 saturated carbocycles. The molecule has 0 radical (unpaired) electrons. The normalized spacial score (nSPS) is 28.2. The molecule has 1 aliphatic rings. The number of hydrogen-bond donors (Lipinski definition) is 3. The number of nitrogens with one attached hydrogen (secondary N) is 2. The molecule has 3 N–H and O–H groups in total. The maximum Gasteiger partial charge on any atom is 0.0829 e. The van der Waals surface area contributed by atoms with Crippen LogP contribution in [0.15, 0.2) is 0 Å². The van der Waals surface area contributed by atoms with Crippen molar-refractivity contribution in [1.82, 2.24) is 10.6 Å². The quantitative estimate of drug-likeness (QED) is 0.529. The van der Waals surface area contributed by atoms with Crippen LogP contribution in [0.2, 0.25) is 0 Å². The molecule has 0 amide bonds. The predicted molar refractivity (Wildman–Crippen MR) is 54.8 cm³/mol. The Morgan fingerprint density at radius 2 is 2.15 bits per heavy atom. The maximum absolute atomic E-state index is 9.47. The van der Waals surface area contributed by atoms with Crippen LogP contribution < -0.4 is 10.6 Å². The summed E-state index contributed by atoms with van der Waals surface area (Å²) < 4.78 is 0. The number of aliphatic hydroxyl groups is 1. The summed E-state index contributed by atoms with van der Waals surface area (Å²) in [5, 5.41) is 16.0. The summed E-state index contributed by atoms with van der Waals surface area (Å²) in [4.78, 5) is 0. The zero-order chi connectivity index (χ0) is 9.52. The van der Waals surface area contributed by atoms with Crippen LogP contribution in [0, 0.1) is 0 Å². The zero-order valence-electron chi connectivity index (χ0n) is 8.55. The van der Waals surface area contributed by atoms with Crippen molar-refractivity contribution in [2.24, 2.45) is 0 Å². The molecule has 3 heteroatoms. The largest absolute Gasteiger partial charge is 0.390 e. The van der Waals surface area contributed by atoms with E-state index < -0.39 is 0 Å². The lowest BCUT2D eigenvalue weighted by molar-refractivity contribution is 0.163. The highest BCUT2D eigenvalue weighted by Gasteiger charge is 2.23. The van der Waals surface area contributed by atoms with Crippen molar-refractivity contribution in [3.05, 3.63) is 0 Å². The molecule has 0 aliphatic carbocycles. The number of aliphatic hydroxyl groups excluding tert-OH is 1. The Labute approximate surface area is 80.9 Å². The van der Waals surface area contributed by atoms with Crippen molar-refractivity contribution < 1.29 is 5.11 Å². The second-order valence-electron chi connectivity index (χ2n) is 3.85. The average molecular weight is 186 g/mol. The summed E-state index contributed by atoms with van der Waals surface area (Å²) in [6.45, 7) is 4.92. The lowest BCUT2D eigenvalue weighted by Gasteiger charge is -2.14. The highest BCUT2D eigenvalue weighted by molar-refractivity contribution is 4.85. The highest BCUT2D eigenvalue weighted by Crippen LogP contribution is 2.01. The Balaban J connectivity index is 1.93. The van der Waals surface area contributed by atoms with Crippen molar-refractivity contribution in [3.8, 4) is 0 Å². The van der Waals surface area contributed by atoms with Gasteiger partial charge in [-0.3, -0.25) is 0 Å². The van der Waals surface area contributed by atoms with Crippen LogP contribution in [0.4, 0.5) is 0 Å². The molecule has 13 heavy (non-hydrogen) atoms. The van der Waals surface area contributed by atoms with Crippen molar-refractivity contribution >= 4 is 0 Å². The van der Waals surface area contributed by atoms with E-state index in [4.69, 9.17) is 0 Å². The van der Waals surface area contributed by atoms with Gasteiger partial charge >= 0.3 is 0 Å². The molecule has 3 nitrogen and oxygen atoms in total. The monoisotopic (exact) mass is 186 g/mol. The SMILES string of the molecule is CCCCCCN[C@@H]1CNC[C@H]1O. The van der Waals surface area contributed by atoms with E-state index in [1.54, 1.807) is 0 Å². The smallest absolute Gasteiger partial charge is 0.0829 e. The molecular formula is C10H22N2O. The Bertz CT molecular complexity index is 130. The molecule has 0 aromatic heterocycles. The lowest BCUT2D eigenvalue weighted by Crippen LogP contribution is -2.39. The number of β-amino-alcohol motifs (C(OH)–C–C–N with tert-alkyl or cyclic N) is 1. The fraction of sp³-hybridized carbons (Fsp3) is 1.00. The van der Waals surface area contributed by atoms with E-state index in [2.05, 4.69) is 17.6 Å². The van der Waals surface area contributed by atoms with E-state index in [0.29, 0.717) is 0 Å². The third-order valence-corrected chi connectivity index (χ3v) is 2.62. The molecule has 1 aliphatic heterocycles. The van der Waals surface area contributed by atoms with E-state index in [-0.39, 0.29) is 12.1 Å². The molecule has 78 valence electrons. The van der Waals surface area contributed by atoms with Gasteiger partial charge in [0.25, 0.3) is 0 Å². The molecule has 0 aromatic rings. The van der Waals surface area contributed by atoms with Gasteiger partial charge < -0.3 is 15.7 Å². The van der Waals surface area contributed by atoms with Crippen LogP contribution in [0.5, 0.6) is 0 Å². The van der Waals surface area contributed by atoms with Gasteiger partial charge in [0.1, 0.15) is 0 Å². The Morgan fingerprint density at radius 1 is 1.31 bits per heavy atom. The fourth-order valence-electron chi connectivity index (χ4n) is 1.71. The van der Waals surface area contributed by atoms with E-state index in [1.807, 2.05) is 0 Å². The molecule has 1 fully saturated rings. The molecular weight excluding hydrogens is 164 g/mol. The van der Waals surface area contributed by atoms with Crippen LogP contribution in [-0.2, 0) is 0 Å². The molecule has 2 atom stereocenters. The van der Waals surface area contributed by atoms with E-state index in [9.17, 15) is 5.11 Å². The average Bonchev–Trinajstić information content (AvgIpc) is 2.52. The Kier molecular flexibility index (Phi) is 5.35. The van der Waals surface area contributed by atoms with Crippen molar-refractivity contribution in [3.63, 3.8) is 0 Å². The maximum atomic E-state index is 9.47. The summed E-state index contributed by atoms with van der Waals surface area (Å²) in [5.74, 6) is 0. The zero-order valence-corrected chi connectivity index (χ0v) is 8.55. The summed E-state index contributed by atoms with van der Waals surface area (Å²) in [6.07, 6.45) is 4.96. The van der Waals surface area contributed by atoms with Gasteiger partial charge in [-0.2, -0.15) is 0 Å². The van der Waals surface area contributed by atoms with Gasteiger partial charge in [-0.05, 0) is 13.0 Å². The first-order chi connectivity index (χ1) is 6.34. The van der Waals surface area contributed by atoms with Gasteiger partial charge in [-0.1, -0.05) is 26.2 Å². The van der Waals surface area contributed by atoms with E-state index in [1.165, 1.54) is 25.7 Å². The van der Waals surface area contributed by atoms with Crippen LogP contribution >= 0.6 is 0 Å². The van der Waals surface area contributed by atoms with Gasteiger partial charge in [-0.25, -0.2) is 0 Å². The van der Waals surface area contributed by atoms with Crippen molar-refractivity contribution in [2.75, 3.05) is 19.6 Å². The summed E-state index contributed by atoms with van der Waals surface area (Å²) in [7, 11) is 0. The van der Waals surface area contributed by atoms with Gasteiger partial charge in [0.2, 0.25) is 0 Å². The first kappa shape index (κ1) is 11.0. The topological polar surface area (TPSA) is 44.3 Å². The van der Waals surface area contributed by atoms with Gasteiger partial charge in [0.05, 0.1) is 6.10 Å². The minimum absolute atomic E-state index is 0.189. The van der Waals surface area contributed by atoms with Gasteiger partial charge in [-0.15, -0.1) is 0 Å². The van der Waals surface area contributed by atoms with E-state index >= 15 is 0 Å². The molecule has 1 rings (SSSR count). The first-order valence-corrected chi connectivity index (χ1v) is 5.46. The van der Waals surface area contributed by atoms with Crippen molar-refractivity contribution in [2.45, 2.75) is 44.8 Å². The molecule has 0 unspecified atom stereocenters. The second kappa shape index (κ2) is 6.35. The van der Waals surface area contributed by atoms with Crippen LogP contribution in [0.25, 0.3) is 0 Å². The standard InChI is InChI=1S/C10H22N2O/c1-2-3-4-5-6-12-9-7-11-8-10(9)13/h9-13H,2-8H2,1H3/t9-,10-/m1/s1. The fourth-order valence-corrected chi connectivity index (χ4v) is 1.71. The van der Waals surface area contributed by atoms with Crippen LogP contribution in [0.1, 0.15) is 32.6 Å². The van der Waals surface area contributed by atoms with E-state index in [0.717, 1.165) is 19.6 Å². The third-order valence-electron chi connectivity index (χ3n) is 2.62. The third kappa shape index (κ3) is 4.07. The molecule has 0 bridgehead atoms. The number of unbranched alkanes of at least 4 members (excludes halogenated alkanes) is 3. The number of rotatable bonds is 6. The van der Waals surface area contributed by atoms with Crippen LogP contribution in [0.3, 0.4) is 0 Å². The minimum Gasteiger partial charge on any atom is -0.390 e. The summed E-state index contributed by atoms with van der Waals surface area (Å²) in [5.41, 5.74) is 0. The minimum atomic E-state index is -0.189. The molecule has 1 heterocycles. The molecule has 0 aromatic carbocycles. The second-order valence-corrected chi connectivity index (χ2v) is 3.85. The predicted octanol–water partition coefficient (Wildman–Crippen LogP) is 0.489.